The van der Waals surface area contributed by atoms with E-state index in [4.69, 9.17) is 16.3 Å². The Kier molecular flexibility index (Phi) is 7.50. The van der Waals surface area contributed by atoms with Gasteiger partial charge in [-0.1, -0.05) is 61.0 Å². The van der Waals surface area contributed by atoms with Gasteiger partial charge in [-0.25, -0.2) is 0 Å². The summed E-state index contributed by atoms with van der Waals surface area (Å²) < 4.78 is 5.69. The number of hydrogen-bond donors (Lipinski definition) is 1. The second kappa shape index (κ2) is 9.92. The monoisotopic (exact) mass is 457 g/mol. The van der Waals surface area contributed by atoms with Crippen LogP contribution in [0.3, 0.4) is 0 Å². The van der Waals surface area contributed by atoms with Gasteiger partial charge < -0.3 is 10.1 Å². The Labute approximate surface area is 193 Å². The van der Waals surface area contributed by atoms with Crippen molar-refractivity contribution in [1.82, 2.24) is 5.32 Å². The van der Waals surface area contributed by atoms with E-state index in [0.29, 0.717) is 11.4 Å². The smallest absolute Gasteiger partial charge is 0.317 e. The van der Waals surface area contributed by atoms with E-state index in [0.717, 1.165) is 16.7 Å². The largest absolute Gasteiger partial charge is 0.459 e. The first-order chi connectivity index (χ1) is 14.6. The Hall–Kier alpha value is -2.24. The van der Waals surface area contributed by atoms with E-state index in [1.807, 2.05) is 75.6 Å². The summed E-state index contributed by atoms with van der Waals surface area (Å²) in [5.74, 6) is -1.25. The lowest BCUT2D eigenvalue weighted by molar-refractivity contribution is -0.157. The van der Waals surface area contributed by atoms with Crippen LogP contribution in [0.4, 0.5) is 0 Å². The van der Waals surface area contributed by atoms with Gasteiger partial charge in [0.1, 0.15) is 11.5 Å². The lowest BCUT2D eigenvalue weighted by atomic mass is 9.93. The van der Waals surface area contributed by atoms with Gasteiger partial charge in [-0.3, -0.25) is 9.59 Å². The normalized spacial score (nSPS) is 19.5. The van der Waals surface area contributed by atoms with Gasteiger partial charge in [0, 0.05) is 10.9 Å². The molecule has 6 heteroatoms. The molecule has 0 spiro atoms. The van der Waals surface area contributed by atoms with Crippen LogP contribution in [0.15, 0.2) is 60.0 Å². The molecule has 0 saturated heterocycles. The van der Waals surface area contributed by atoms with E-state index in [1.54, 1.807) is 12.1 Å². The molecule has 3 unspecified atom stereocenters. The number of ether oxygens (including phenoxy) is 1. The maximum Gasteiger partial charge on any atom is 0.317 e. The van der Waals surface area contributed by atoms with Crippen LogP contribution in [0.25, 0.3) is 5.57 Å². The number of nitrogens with one attached hydrogen (secondary N) is 1. The van der Waals surface area contributed by atoms with Crippen molar-refractivity contribution in [3.63, 3.8) is 0 Å². The average molecular weight is 458 g/mol. The molecule has 0 aromatic heterocycles. The second-order valence-corrected chi connectivity index (χ2v) is 10.2. The predicted molar refractivity (Wildman–Crippen MR) is 128 cm³/mol. The number of halogens is 1. The number of hydrogen-bond acceptors (Lipinski definition) is 4. The molecule has 1 heterocycles. The summed E-state index contributed by atoms with van der Waals surface area (Å²) in [6, 6.07) is 17.3. The highest BCUT2D eigenvalue weighted by Gasteiger charge is 2.40. The van der Waals surface area contributed by atoms with Gasteiger partial charge in [0.2, 0.25) is 5.91 Å². The topological polar surface area (TPSA) is 55.4 Å². The first kappa shape index (κ1) is 23.4. The lowest BCUT2D eigenvalue weighted by Crippen LogP contribution is -2.44. The van der Waals surface area contributed by atoms with Crippen molar-refractivity contribution in [3.8, 4) is 0 Å². The zero-order valence-electron chi connectivity index (χ0n) is 18.2. The molecule has 3 rings (SSSR count). The van der Waals surface area contributed by atoms with Gasteiger partial charge in [0.05, 0.1) is 5.37 Å². The number of carbonyl (C=O) groups excluding carboxylic acids is 2. The van der Waals surface area contributed by atoms with E-state index in [-0.39, 0.29) is 17.8 Å². The van der Waals surface area contributed by atoms with Crippen LogP contribution in [0.2, 0.25) is 5.02 Å². The zero-order valence-corrected chi connectivity index (χ0v) is 19.8. The first-order valence-corrected chi connectivity index (χ1v) is 11.6. The van der Waals surface area contributed by atoms with Crippen LogP contribution in [-0.4, -0.2) is 22.9 Å². The Morgan fingerprint density at radius 2 is 1.74 bits per heavy atom. The molecule has 0 saturated carbocycles. The lowest BCUT2D eigenvalue weighted by Gasteiger charge is -2.27. The maximum atomic E-state index is 13.1. The van der Waals surface area contributed by atoms with Crippen molar-refractivity contribution in [3.05, 3.63) is 76.2 Å². The third kappa shape index (κ3) is 6.37. The molecule has 4 nitrogen and oxygen atoms in total. The van der Waals surface area contributed by atoms with Gasteiger partial charge in [-0.2, -0.15) is 0 Å². The minimum absolute atomic E-state index is 0.0827. The Morgan fingerprint density at radius 3 is 2.35 bits per heavy atom. The van der Waals surface area contributed by atoms with Crippen LogP contribution in [-0.2, 0) is 20.7 Å². The molecule has 1 N–H and O–H groups in total. The zero-order chi connectivity index (χ0) is 22.6. The SMILES string of the molecule is CC(Cc1ccccc1)C(=O)NC1SC=C(c2ccc(Cl)cc2)C1C(=O)OC(C)(C)C. The molecule has 1 aliphatic rings. The number of amides is 1. The fourth-order valence-electron chi connectivity index (χ4n) is 3.43. The number of thioether (sulfide) groups is 1. The van der Waals surface area contributed by atoms with Gasteiger partial charge in [0.25, 0.3) is 0 Å². The molecular weight excluding hydrogens is 430 g/mol. The molecule has 3 atom stereocenters. The van der Waals surface area contributed by atoms with Crippen LogP contribution in [0, 0.1) is 11.8 Å². The maximum absolute atomic E-state index is 13.1. The third-order valence-electron chi connectivity index (χ3n) is 4.93. The fraction of sp³-hybridized carbons (Fsp3) is 0.360. The van der Waals surface area contributed by atoms with Crippen molar-refractivity contribution in [2.45, 2.75) is 45.1 Å². The molecule has 1 aliphatic heterocycles. The Bertz CT molecular complexity index is 951. The van der Waals surface area contributed by atoms with Crippen molar-refractivity contribution in [2.24, 2.45) is 11.8 Å². The van der Waals surface area contributed by atoms with Crippen LogP contribution < -0.4 is 5.32 Å². The summed E-state index contributed by atoms with van der Waals surface area (Å²) in [6.07, 6.45) is 0.638. The highest BCUT2D eigenvalue weighted by Crippen LogP contribution is 2.42. The standard InChI is InChI=1S/C25H28ClNO3S/c1-16(14-17-8-6-5-7-9-17)22(28)27-23-21(24(29)30-25(2,3)4)20(15-31-23)18-10-12-19(26)13-11-18/h5-13,15-16,21,23H,14H2,1-4H3,(H,27,28). The Balaban J connectivity index is 1.77. The van der Waals surface area contributed by atoms with E-state index in [2.05, 4.69) is 5.32 Å². The van der Waals surface area contributed by atoms with Gasteiger partial charge >= 0.3 is 5.97 Å². The van der Waals surface area contributed by atoms with E-state index in [9.17, 15) is 9.59 Å². The molecule has 2 aromatic rings. The quantitative estimate of drug-likeness (QED) is 0.564. The number of rotatable bonds is 6. The van der Waals surface area contributed by atoms with Crippen LogP contribution in [0.5, 0.6) is 0 Å². The van der Waals surface area contributed by atoms with Crippen molar-refractivity contribution < 1.29 is 14.3 Å². The van der Waals surface area contributed by atoms with E-state index >= 15 is 0 Å². The molecule has 1 amide bonds. The molecular formula is C25H28ClNO3S. The summed E-state index contributed by atoms with van der Waals surface area (Å²) in [4.78, 5) is 26.0. The molecule has 0 aliphatic carbocycles. The van der Waals surface area contributed by atoms with Gasteiger partial charge in [0.15, 0.2) is 0 Å². The molecule has 0 radical (unpaired) electrons. The average Bonchev–Trinajstić information content (AvgIpc) is 3.11. The Morgan fingerprint density at radius 1 is 1.10 bits per heavy atom. The summed E-state index contributed by atoms with van der Waals surface area (Å²) in [6.45, 7) is 7.43. The first-order valence-electron chi connectivity index (χ1n) is 10.3. The summed E-state index contributed by atoms with van der Waals surface area (Å²) in [7, 11) is 0. The second-order valence-electron chi connectivity index (χ2n) is 8.75. The third-order valence-corrected chi connectivity index (χ3v) is 6.26. The minimum atomic E-state index is -0.620. The van der Waals surface area contributed by atoms with Crippen molar-refractivity contribution >= 4 is 40.8 Å². The van der Waals surface area contributed by atoms with Crippen LogP contribution in [0.1, 0.15) is 38.8 Å². The molecule has 31 heavy (non-hydrogen) atoms. The number of benzene rings is 2. The summed E-state index contributed by atoms with van der Waals surface area (Å²) in [5.41, 5.74) is 2.21. The minimum Gasteiger partial charge on any atom is -0.459 e. The van der Waals surface area contributed by atoms with Crippen molar-refractivity contribution in [1.29, 1.82) is 0 Å². The van der Waals surface area contributed by atoms with Gasteiger partial charge in [-0.15, -0.1) is 11.8 Å². The molecule has 2 aromatic carbocycles. The number of carbonyl (C=O) groups is 2. The van der Waals surface area contributed by atoms with E-state index < -0.39 is 16.9 Å². The molecule has 164 valence electrons. The molecule has 0 bridgehead atoms. The highest BCUT2D eigenvalue weighted by molar-refractivity contribution is 8.03. The van der Waals surface area contributed by atoms with Gasteiger partial charge in [-0.05, 0) is 61.4 Å². The highest BCUT2D eigenvalue weighted by atomic mass is 35.5. The molecule has 0 fully saturated rings. The summed E-state index contributed by atoms with van der Waals surface area (Å²) in [5, 5.41) is 5.21. The van der Waals surface area contributed by atoms with Crippen LogP contribution >= 0.6 is 23.4 Å². The van der Waals surface area contributed by atoms with E-state index in [1.165, 1.54) is 11.8 Å². The summed E-state index contributed by atoms with van der Waals surface area (Å²) >= 11 is 7.47. The fourth-order valence-corrected chi connectivity index (χ4v) is 4.73. The van der Waals surface area contributed by atoms with Crippen molar-refractivity contribution in [2.75, 3.05) is 0 Å². The number of esters is 1. The predicted octanol–water partition coefficient (Wildman–Crippen LogP) is 5.71.